The van der Waals surface area contributed by atoms with E-state index in [1.54, 1.807) is 12.1 Å². The quantitative estimate of drug-likeness (QED) is 0.690. The number of rotatable bonds is 5. The molecule has 1 aromatic heterocycles. The summed E-state index contributed by atoms with van der Waals surface area (Å²) < 4.78 is 19.5. The van der Waals surface area contributed by atoms with Gasteiger partial charge in [0.2, 0.25) is 11.8 Å². The molecule has 1 aliphatic heterocycles. The third-order valence-corrected chi connectivity index (χ3v) is 5.10. The maximum Gasteiger partial charge on any atom is 0.247 e. The van der Waals surface area contributed by atoms with Crippen LogP contribution < -0.4 is 0 Å². The first-order valence-electron chi connectivity index (χ1n) is 9.35. The first-order valence-corrected chi connectivity index (χ1v) is 9.35. The largest absolute Gasteiger partial charge is 0.419 e. The number of hydrogen-bond donors (Lipinski definition) is 0. The fourth-order valence-electron chi connectivity index (χ4n) is 3.53. The Morgan fingerprint density at radius 1 is 0.963 bits per heavy atom. The molecule has 1 fully saturated rings. The molecule has 0 bridgehead atoms. The van der Waals surface area contributed by atoms with Crippen molar-refractivity contribution >= 4 is 0 Å². The van der Waals surface area contributed by atoms with Gasteiger partial charge in [-0.15, -0.1) is 10.2 Å². The molecule has 140 valence electrons. The van der Waals surface area contributed by atoms with E-state index in [9.17, 15) is 4.39 Å². The maximum atomic E-state index is 13.4. The smallest absolute Gasteiger partial charge is 0.247 e. The number of nitrogens with zero attached hydrogens (tertiary/aromatic N) is 4. The predicted molar refractivity (Wildman–Crippen MR) is 102 cm³/mol. The molecule has 1 saturated heterocycles. The van der Waals surface area contributed by atoms with Crippen molar-refractivity contribution in [3.8, 4) is 11.5 Å². The van der Waals surface area contributed by atoms with E-state index < -0.39 is 0 Å². The Kier molecular flexibility index (Phi) is 5.27. The molecule has 0 aliphatic carbocycles. The number of aromatic nitrogens is 2. The molecule has 0 radical (unpaired) electrons. The molecule has 2 aromatic carbocycles. The zero-order valence-electron chi connectivity index (χ0n) is 15.4. The minimum atomic E-state index is -0.246. The predicted octanol–water partition coefficient (Wildman–Crippen LogP) is 3.60. The van der Waals surface area contributed by atoms with Crippen molar-refractivity contribution in [1.29, 1.82) is 0 Å². The van der Waals surface area contributed by atoms with Gasteiger partial charge in [0, 0.05) is 31.7 Å². The van der Waals surface area contributed by atoms with Crippen LogP contribution >= 0.6 is 0 Å². The number of halogens is 1. The van der Waals surface area contributed by atoms with Gasteiger partial charge in [0.25, 0.3) is 0 Å². The van der Waals surface area contributed by atoms with E-state index in [2.05, 4.69) is 26.9 Å². The van der Waals surface area contributed by atoms with Crippen molar-refractivity contribution < 1.29 is 8.81 Å². The van der Waals surface area contributed by atoms with E-state index in [1.165, 1.54) is 12.1 Å². The number of piperazine rings is 1. The SMILES string of the molecule is CCN1CCN([C@H](c2ccc(F)cc2)c2nnc(-c3ccccc3)o2)CC1. The highest BCUT2D eigenvalue weighted by molar-refractivity contribution is 5.51. The van der Waals surface area contributed by atoms with Crippen molar-refractivity contribution in [1.82, 2.24) is 20.0 Å². The van der Waals surface area contributed by atoms with Crippen LogP contribution in [0.3, 0.4) is 0 Å². The Bertz CT molecular complexity index is 857. The van der Waals surface area contributed by atoms with E-state index in [1.807, 2.05) is 30.3 Å². The molecule has 4 rings (SSSR count). The molecule has 27 heavy (non-hydrogen) atoms. The highest BCUT2D eigenvalue weighted by atomic mass is 19.1. The minimum absolute atomic E-state index is 0.172. The molecule has 0 amide bonds. The van der Waals surface area contributed by atoms with E-state index >= 15 is 0 Å². The topological polar surface area (TPSA) is 45.4 Å². The van der Waals surface area contributed by atoms with Crippen LogP contribution in [0.2, 0.25) is 0 Å². The van der Waals surface area contributed by atoms with Crippen molar-refractivity contribution in [3.63, 3.8) is 0 Å². The van der Waals surface area contributed by atoms with Gasteiger partial charge < -0.3 is 9.32 Å². The summed E-state index contributed by atoms with van der Waals surface area (Å²) in [7, 11) is 0. The van der Waals surface area contributed by atoms with Gasteiger partial charge >= 0.3 is 0 Å². The molecule has 0 unspecified atom stereocenters. The van der Waals surface area contributed by atoms with Gasteiger partial charge in [-0.1, -0.05) is 37.3 Å². The van der Waals surface area contributed by atoms with Gasteiger partial charge in [0.15, 0.2) is 0 Å². The maximum absolute atomic E-state index is 13.4. The van der Waals surface area contributed by atoms with Gasteiger partial charge in [-0.3, -0.25) is 4.90 Å². The lowest BCUT2D eigenvalue weighted by atomic mass is 10.0. The highest BCUT2D eigenvalue weighted by Gasteiger charge is 2.30. The number of likely N-dealkylation sites (N-methyl/N-ethyl adjacent to an activating group) is 1. The Labute approximate surface area is 158 Å². The lowest BCUT2D eigenvalue weighted by Crippen LogP contribution is -2.47. The van der Waals surface area contributed by atoms with Gasteiger partial charge in [0.05, 0.1) is 0 Å². The second kappa shape index (κ2) is 7.98. The first-order chi connectivity index (χ1) is 13.2. The molecule has 3 aromatic rings. The molecule has 0 saturated carbocycles. The highest BCUT2D eigenvalue weighted by Crippen LogP contribution is 2.30. The summed E-state index contributed by atoms with van der Waals surface area (Å²) in [5.74, 6) is 0.805. The van der Waals surface area contributed by atoms with Crippen molar-refractivity contribution in [2.75, 3.05) is 32.7 Å². The number of benzene rings is 2. The Hall–Kier alpha value is -2.57. The fourth-order valence-corrected chi connectivity index (χ4v) is 3.53. The monoisotopic (exact) mass is 366 g/mol. The summed E-state index contributed by atoms with van der Waals surface area (Å²) in [6.07, 6.45) is 0. The zero-order valence-corrected chi connectivity index (χ0v) is 15.4. The molecule has 2 heterocycles. The van der Waals surface area contributed by atoms with Crippen LogP contribution in [-0.4, -0.2) is 52.7 Å². The summed E-state index contributed by atoms with van der Waals surface area (Å²) >= 11 is 0. The standard InChI is InChI=1S/C21H23FN4O/c1-2-25-12-14-26(15-13-25)19(16-8-10-18(22)11-9-16)21-24-23-20(27-21)17-6-4-3-5-7-17/h3-11,19H,2,12-15H2,1H3/t19-/m1/s1. The minimum Gasteiger partial charge on any atom is -0.419 e. The van der Waals surface area contributed by atoms with Crippen molar-refractivity contribution in [2.24, 2.45) is 0 Å². The van der Waals surface area contributed by atoms with Gasteiger partial charge in [0.1, 0.15) is 11.9 Å². The average Bonchev–Trinajstić information content (AvgIpc) is 3.20. The molecule has 5 nitrogen and oxygen atoms in total. The van der Waals surface area contributed by atoms with Crippen LogP contribution in [0.4, 0.5) is 4.39 Å². The average molecular weight is 366 g/mol. The van der Waals surface area contributed by atoms with Crippen molar-refractivity contribution in [3.05, 3.63) is 71.9 Å². The summed E-state index contributed by atoms with van der Waals surface area (Å²) in [5, 5.41) is 8.59. The molecule has 1 aliphatic rings. The molecule has 6 heteroatoms. The van der Waals surface area contributed by atoms with Crippen LogP contribution in [0.5, 0.6) is 0 Å². The molecular formula is C21H23FN4O. The third-order valence-electron chi connectivity index (χ3n) is 5.10. The van der Waals surface area contributed by atoms with Crippen LogP contribution in [-0.2, 0) is 0 Å². The molecular weight excluding hydrogens is 343 g/mol. The van der Waals surface area contributed by atoms with Crippen LogP contribution in [0.1, 0.15) is 24.4 Å². The lowest BCUT2D eigenvalue weighted by molar-refractivity contribution is 0.103. The first kappa shape index (κ1) is 17.8. The van der Waals surface area contributed by atoms with Gasteiger partial charge in [-0.05, 0) is 36.4 Å². The van der Waals surface area contributed by atoms with Crippen LogP contribution in [0.15, 0.2) is 59.0 Å². The van der Waals surface area contributed by atoms with Gasteiger partial charge in [-0.25, -0.2) is 4.39 Å². The second-order valence-corrected chi connectivity index (χ2v) is 6.74. The van der Waals surface area contributed by atoms with E-state index in [-0.39, 0.29) is 11.9 Å². The lowest BCUT2D eigenvalue weighted by Gasteiger charge is -2.37. The van der Waals surface area contributed by atoms with E-state index in [0.717, 1.165) is 43.9 Å². The second-order valence-electron chi connectivity index (χ2n) is 6.74. The molecule has 1 atom stereocenters. The summed E-state index contributed by atoms with van der Waals surface area (Å²) in [4.78, 5) is 4.75. The summed E-state index contributed by atoms with van der Waals surface area (Å²) in [6.45, 7) is 7.02. The Morgan fingerprint density at radius 3 is 2.33 bits per heavy atom. The fraction of sp³-hybridized carbons (Fsp3) is 0.333. The summed E-state index contributed by atoms with van der Waals surface area (Å²) in [5.41, 5.74) is 1.86. The summed E-state index contributed by atoms with van der Waals surface area (Å²) in [6, 6.07) is 16.1. The van der Waals surface area contributed by atoms with Gasteiger partial charge in [-0.2, -0.15) is 0 Å². The van der Waals surface area contributed by atoms with E-state index in [4.69, 9.17) is 4.42 Å². The Balaban J connectivity index is 1.66. The van der Waals surface area contributed by atoms with E-state index in [0.29, 0.717) is 11.8 Å². The normalized spacial score (nSPS) is 17.1. The molecule has 0 spiro atoms. The van der Waals surface area contributed by atoms with Crippen LogP contribution in [0.25, 0.3) is 11.5 Å². The van der Waals surface area contributed by atoms with Crippen LogP contribution in [0, 0.1) is 5.82 Å². The van der Waals surface area contributed by atoms with Crippen molar-refractivity contribution in [2.45, 2.75) is 13.0 Å². The number of hydrogen-bond acceptors (Lipinski definition) is 5. The Morgan fingerprint density at radius 2 is 1.67 bits per heavy atom. The zero-order chi connectivity index (χ0) is 18.6. The third kappa shape index (κ3) is 3.91. The molecule has 0 N–H and O–H groups in total.